The molecule has 1 aromatic carbocycles. The van der Waals surface area contributed by atoms with Crippen molar-refractivity contribution in [3.63, 3.8) is 0 Å². The zero-order valence-corrected chi connectivity index (χ0v) is 11.9. The largest absolute Gasteiger partial charge is 0.321 e. The van der Waals surface area contributed by atoms with Crippen molar-refractivity contribution in [2.24, 2.45) is 0 Å². The summed E-state index contributed by atoms with van der Waals surface area (Å²) in [6.45, 7) is 0. The van der Waals surface area contributed by atoms with E-state index in [1.807, 2.05) is 22.6 Å². The molecule has 2 rings (SSSR count). The summed E-state index contributed by atoms with van der Waals surface area (Å²) in [7, 11) is 0. The molecule has 0 unspecified atom stereocenters. The van der Waals surface area contributed by atoms with Gasteiger partial charge in [0.2, 0.25) is 5.95 Å². The molecule has 6 heteroatoms. The Labute approximate surface area is 122 Å². The van der Waals surface area contributed by atoms with E-state index in [2.05, 4.69) is 10.3 Å². The molecule has 0 saturated heterocycles. The Kier molecular flexibility index (Phi) is 4.13. The lowest BCUT2D eigenvalue weighted by Gasteiger charge is -2.07. The van der Waals surface area contributed by atoms with Crippen LogP contribution in [0, 0.1) is 9.52 Å². The number of halogens is 3. The average molecular weight is 377 g/mol. The maximum Gasteiger partial charge on any atom is 0.260 e. The van der Waals surface area contributed by atoms with Crippen molar-refractivity contribution in [3.8, 4) is 0 Å². The van der Waals surface area contributed by atoms with Gasteiger partial charge in [-0.1, -0.05) is 11.6 Å². The first-order valence-electron chi connectivity index (χ1n) is 4.95. The zero-order chi connectivity index (χ0) is 13.1. The van der Waals surface area contributed by atoms with Gasteiger partial charge in [-0.25, -0.2) is 4.98 Å². The summed E-state index contributed by atoms with van der Waals surface area (Å²) in [6.07, 6.45) is 1.29. The highest BCUT2D eigenvalue weighted by Crippen LogP contribution is 2.22. The maximum atomic E-state index is 13.3. The van der Waals surface area contributed by atoms with Gasteiger partial charge in [-0.2, -0.15) is 4.39 Å². The second kappa shape index (κ2) is 5.62. The number of carbonyl (C=O) groups is 1. The molecule has 2 aromatic rings. The van der Waals surface area contributed by atoms with E-state index in [1.165, 1.54) is 18.3 Å². The van der Waals surface area contributed by atoms with Gasteiger partial charge in [0.1, 0.15) is 0 Å². The number of carbonyl (C=O) groups excluding carboxylic acids is 1. The molecule has 18 heavy (non-hydrogen) atoms. The number of benzene rings is 1. The van der Waals surface area contributed by atoms with Crippen LogP contribution in [0.25, 0.3) is 0 Å². The van der Waals surface area contributed by atoms with Crippen LogP contribution in [0.3, 0.4) is 0 Å². The van der Waals surface area contributed by atoms with E-state index in [-0.39, 0.29) is 5.56 Å². The van der Waals surface area contributed by atoms with Crippen LogP contribution >= 0.6 is 34.2 Å². The van der Waals surface area contributed by atoms with Crippen molar-refractivity contribution >= 4 is 45.8 Å². The van der Waals surface area contributed by atoms with Crippen molar-refractivity contribution < 1.29 is 9.18 Å². The first kappa shape index (κ1) is 13.2. The van der Waals surface area contributed by atoms with Gasteiger partial charge in [0, 0.05) is 14.8 Å². The lowest BCUT2D eigenvalue weighted by molar-refractivity contribution is 0.102. The fourth-order valence-electron chi connectivity index (χ4n) is 1.34. The molecule has 0 radical (unpaired) electrons. The third-order valence-electron chi connectivity index (χ3n) is 2.18. The lowest BCUT2D eigenvalue weighted by atomic mass is 10.2. The molecule has 92 valence electrons. The highest BCUT2D eigenvalue weighted by atomic mass is 127. The fourth-order valence-corrected chi connectivity index (χ4v) is 2.34. The maximum absolute atomic E-state index is 13.3. The SMILES string of the molecule is O=C(Nc1ccc(Cl)cc1I)c1cccnc1F. The summed E-state index contributed by atoms with van der Waals surface area (Å²) in [5.41, 5.74) is 0.483. The molecule has 1 aromatic heterocycles. The number of rotatable bonds is 2. The summed E-state index contributed by atoms with van der Waals surface area (Å²) in [5.74, 6) is -1.33. The number of aromatic nitrogens is 1. The summed E-state index contributed by atoms with van der Waals surface area (Å²) in [4.78, 5) is 15.3. The van der Waals surface area contributed by atoms with E-state index >= 15 is 0 Å². The number of nitrogens with zero attached hydrogens (tertiary/aromatic N) is 1. The predicted octanol–water partition coefficient (Wildman–Crippen LogP) is 3.73. The fraction of sp³-hybridized carbons (Fsp3) is 0. The molecule has 0 spiro atoms. The molecule has 1 N–H and O–H groups in total. The van der Waals surface area contributed by atoms with Gasteiger partial charge in [0.05, 0.1) is 11.3 Å². The van der Waals surface area contributed by atoms with Crippen molar-refractivity contribution in [1.82, 2.24) is 4.98 Å². The first-order chi connectivity index (χ1) is 8.58. The summed E-state index contributed by atoms with van der Waals surface area (Å²) < 4.78 is 14.1. The van der Waals surface area contributed by atoms with Gasteiger partial charge < -0.3 is 5.32 Å². The van der Waals surface area contributed by atoms with E-state index in [0.717, 1.165) is 3.57 Å². The third kappa shape index (κ3) is 2.97. The van der Waals surface area contributed by atoms with Crippen LogP contribution in [-0.2, 0) is 0 Å². The number of anilines is 1. The molecule has 0 bridgehead atoms. The van der Waals surface area contributed by atoms with Crippen molar-refractivity contribution in [3.05, 3.63) is 56.6 Å². The number of hydrogen-bond donors (Lipinski definition) is 1. The number of hydrogen-bond acceptors (Lipinski definition) is 2. The topological polar surface area (TPSA) is 42.0 Å². The van der Waals surface area contributed by atoms with E-state index in [9.17, 15) is 9.18 Å². The summed E-state index contributed by atoms with van der Waals surface area (Å²) in [6, 6.07) is 7.90. The molecule has 0 saturated carbocycles. The van der Waals surface area contributed by atoms with Crippen LogP contribution in [0.5, 0.6) is 0 Å². The Hall–Kier alpha value is -1.21. The molecule has 1 amide bonds. The average Bonchev–Trinajstić information content (AvgIpc) is 2.33. The highest BCUT2D eigenvalue weighted by Gasteiger charge is 2.13. The van der Waals surface area contributed by atoms with Gasteiger partial charge in [-0.3, -0.25) is 4.79 Å². The van der Waals surface area contributed by atoms with Gasteiger partial charge in [0.15, 0.2) is 0 Å². The minimum atomic E-state index is -0.793. The molecule has 3 nitrogen and oxygen atoms in total. The molecule has 0 aliphatic rings. The van der Waals surface area contributed by atoms with Crippen LogP contribution in [-0.4, -0.2) is 10.9 Å². The van der Waals surface area contributed by atoms with Crippen LogP contribution in [0.2, 0.25) is 5.02 Å². The van der Waals surface area contributed by atoms with E-state index in [4.69, 9.17) is 11.6 Å². The first-order valence-corrected chi connectivity index (χ1v) is 6.40. The zero-order valence-electron chi connectivity index (χ0n) is 8.95. The minimum absolute atomic E-state index is 0.0942. The van der Waals surface area contributed by atoms with Crippen molar-refractivity contribution in [1.29, 1.82) is 0 Å². The van der Waals surface area contributed by atoms with E-state index in [0.29, 0.717) is 10.7 Å². The molecule has 0 atom stereocenters. The lowest BCUT2D eigenvalue weighted by Crippen LogP contribution is -2.15. The summed E-state index contributed by atoms with van der Waals surface area (Å²) in [5, 5.41) is 3.18. The third-order valence-corrected chi connectivity index (χ3v) is 3.31. The Balaban J connectivity index is 2.24. The van der Waals surface area contributed by atoms with E-state index in [1.54, 1.807) is 18.2 Å². The molecule has 0 aliphatic carbocycles. The van der Waals surface area contributed by atoms with E-state index < -0.39 is 11.9 Å². The molecular weight excluding hydrogens is 370 g/mol. The van der Waals surface area contributed by atoms with Crippen LogP contribution < -0.4 is 5.32 Å². The molecule has 1 heterocycles. The molecule has 0 fully saturated rings. The van der Waals surface area contributed by atoms with Gasteiger partial charge in [0.25, 0.3) is 5.91 Å². The predicted molar refractivity (Wildman–Crippen MR) is 76.3 cm³/mol. The number of nitrogens with one attached hydrogen (secondary N) is 1. The Morgan fingerprint density at radius 3 is 2.83 bits per heavy atom. The summed E-state index contributed by atoms with van der Waals surface area (Å²) >= 11 is 7.85. The van der Waals surface area contributed by atoms with Gasteiger partial charge >= 0.3 is 0 Å². The Bertz CT molecular complexity index is 606. The Morgan fingerprint density at radius 1 is 1.39 bits per heavy atom. The smallest absolute Gasteiger partial charge is 0.260 e. The second-order valence-corrected chi connectivity index (χ2v) is 5.02. The molecule has 0 aliphatic heterocycles. The number of amides is 1. The quantitative estimate of drug-likeness (QED) is 0.641. The van der Waals surface area contributed by atoms with Crippen molar-refractivity contribution in [2.45, 2.75) is 0 Å². The monoisotopic (exact) mass is 376 g/mol. The molecular formula is C12H7ClFIN2O. The van der Waals surface area contributed by atoms with Gasteiger partial charge in [-0.15, -0.1) is 0 Å². The minimum Gasteiger partial charge on any atom is -0.321 e. The van der Waals surface area contributed by atoms with Crippen LogP contribution in [0.15, 0.2) is 36.5 Å². The Morgan fingerprint density at radius 2 is 2.17 bits per heavy atom. The van der Waals surface area contributed by atoms with Crippen LogP contribution in [0.4, 0.5) is 10.1 Å². The second-order valence-electron chi connectivity index (χ2n) is 3.42. The van der Waals surface area contributed by atoms with Crippen LogP contribution in [0.1, 0.15) is 10.4 Å². The standard InChI is InChI=1S/C12H7ClFIN2O/c13-7-3-4-10(9(15)6-7)17-12(18)8-2-1-5-16-11(8)14/h1-6H,(H,17,18). The number of pyridine rings is 1. The normalized spacial score (nSPS) is 10.2. The highest BCUT2D eigenvalue weighted by molar-refractivity contribution is 14.1. The van der Waals surface area contributed by atoms with Gasteiger partial charge in [-0.05, 0) is 52.9 Å². The van der Waals surface area contributed by atoms with Crippen molar-refractivity contribution in [2.75, 3.05) is 5.32 Å².